The SMILES string of the molecule is COC(=O)C1=C(C)NC(SCc2cccnc2)=C(C#N)C1c1cccs1. The van der Waals surface area contributed by atoms with Crippen molar-refractivity contribution in [3.05, 3.63) is 74.4 Å². The van der Waals surface area contributed by atoms with Crippen molar-refractivity contribution in [3.8, 4) is 6.07 Å². The van der Waals surface area contributed by atoms with E-state index in [-0.39, 0.29) is 0 Å². The number of allylic oxidation sites excluding steroid dienone is 2. The van der Waals surface area contributed by atoms with Gasteiger partial charge in [-0.15, -0.1) is 23.1 Å². The number of thioether (sulfide) groups is 1. The largest absolute Gasteiger partial charge is 0.466 e. The summed E-state index contributed by atoms with van der Waals surface area (Å²) >= 11 is 3.06. The Balaban J connectivity index is 1.99. The Morgan fingerprint density at radius 2 is 2.31 bits per heavy atom. The minimum Gasteiger partial charge on any atom is -0.466 e. The highest BCUT2D eigenvalue weighted by Crippen LogP contribution is 2.42. The molecule has 7 heteroatoms. The molecular formula is C19H17N3O2S2. The van der Waals surface area contributed by atoms with Crippen LogP contribution in [0.25, 0.3) is 0 Å². The van der Waals surface area contributed by atoms with E-state index in [0.717, 1.165) is 15.5 Å². The monoisotopic (exact) mass is 383 g/mol. The lowest BCUT2D eigenvalue weighted by molar-refractivity contribution is -0.136. The Morgan fingerprint density at radius 1 is 1.46 bits per heavy atom. The maximum Gasteiger partial charge on any atom is 0.336 e. The van der Waals surface area contributed by atoms with Crippen LogP contribution in [0.5, 0.6) is 0 Å². The topological polar surface area (TPSA) is 75.0 Å². The Kier molecular flexibility index (Phi) is 5.76. The predicted molar refractivity (Wildman–Crippen MR) is 103 cm³/mol. The molecule has 0 spiro atoms. The van der Waals surface area contributed by atoms with Crippen LogP contribution in [0.2, 0.25) is 0 Å². The third kappa shape index (κ3) is 3.66. The van der Waals surface area contributed by atoms with Gasteiger partial charge < -0.3 is 10.1 Å². The number of rotatable bonds is 5. The molecule has 0 aliphatic carbocycles. The van der Waals surface area contributed by atoms with Crippen LogP contribution in [0.1, 0.15) is 23.3 Å². The summed E-state index contributed by atoms with van der Waals surface area (Å²) in [6.07, 6.45) is 3.54. The van der Waals surface area contributed by atoms with Crippen LogP contribution in [0.3, 0.4) is 0 Å². The van der Waals surface area contributed by atoms with Gasteiger partial charge in [0.1, 0.15) is 0 Å². The quantitative estimate of drug-likeness (QED) is 0.788. The normalized spacial score (nSPS) is 16.9. The third-order valence-corrected chi connectivity index (χ3v) is 6.01. The molecule has 1 aliphatic heterocycles. The van der Waals surface area contributed by atoms with Gasteiger partial charge in [0.15, 0.2) is 0 Å². The summed E-state index contributed by atoms with van der Waals surface area (Å²) in [6, 6.07) is 10.0. The summed E-state index contributed by atoms with van der Waals surface area (Å²) in [7, 11) is 1.36. The summed E-state index contributed by atoms with van der Waals surface area (Å²) in [5.74, 6) is -0.151. The zero-order valence-corrected chi connectivity index (χ0v) is 16.0. The van der Waals surface area contributed by atoms with Gasteiger partial charge in [0, 0.05) is 28.7 Å². The van der Waals surface area contributed by atoms with Gasteiger partial charge in [0.25, 0.3) is 0 Å². The number of carbonyl (C=O) groups excluding carboxylic acids is 1. The zero-order valence-electron chi connectivity index (χ0n) is 14.4. The highest BCUT2D eigenvalue weighted by Gasteiger charge is 2.35. The van der Waals surface area contributed by atoms with Crippen molar-refractivity contribution in [3.63, 3.8) is 0 Å². The second-order valence-corrected chi connectivity index (χ2v) is 7.57. The fourth-order valence-electron chi connectivity index (χ4n) is 2.79. The molecule has 2 aromatic heterocycles. The van der Waals surface area contributed by atoms with Gasteiger partial charge in [-0.25, -0.2) is 4.79 Å². The summed E-state index contributed by atoms with van der Waals surface area (Å²) in [6.45, 7) is 1.84. The van der Waals surface area contributed by atoms with Crippen LogP contribution in [0.4, 0.5) is 0 Å². The molecule has 3 heterocycles. The number of hydrogen-bond donors (Lipinski definition) is 1. The minimum atomic E-state index is -0.419. The molecule has 132 valence electrons. The first-order valence-electron chi connectivity index (χ1n) is 7.91. The van der Waals surface area contributed by atoms with Crippen molar-refractivity contribution in [2.45, 2.75) is 18.6 Å². The molecule has 2 aromatic rings. The van der Waals surface area contributed by atoms with Crippen molar-refractivity contribution in [2.24, 2.45) is 0 Å². The average Bonchev–Trinajstić information content (AvgIpc) is 3.20. The molecule has 0 radical (unpaired) electrons. The molecule has 3 rings (SSSR count). The second-order valence-electron chi connectivity index (χ2n) is 5.61. The van der Waals surface area contributed by atoms with Gasteiger partial charge in [-0.05, 0) is 30.0 Å². The lowest BCUT2D eigenvalue weighted by Crippen LogP contribution is -2.28. The third-order valence-electron chi connectivity index (χ3n) is 3.99. The number of aromatic nitrogens is 1. The van der Waals surface area contributed by atoms with Crippen LogP contribution in [0.15, 0.2) is 63.9 Å². The number of hydrogen-bond acceptors (Lipinski definition) is 7. The molecule has 0 saturated heterocycles. The summed E-state index contributed by atoms with van der Waals surface area (Å²) in [5.41, 5.74) is 2.80. The van der Waals surface area contributed by atoms with Crippen molar-refractivity contribution in [1.82, 2.24) is 10.3 Å². The van der Waals surface area contributed by atoms with Crippen LogP contribution in [-0.2, 0) is 15.3 Å². The van der Waals surface area contributed by atoms with Crippen molar-refractivity contribution in [2.75, 3.05) is 7.11 Å². The van der Waals surface area contributed by atoms with Crippen LogP contribution >= 0.6 is 23.1 Å². The molecule has 0 fully saturated rings. The fourth-order valence-corrected chi connectivity index (χ4v) is 4.66. The maximum absolute atomic E-state index is 12.4. The molecular weight excluding hydrogens is 366 g/mol. The Bertz CT molecular complexity index is 897. The number of ether oxygens (including phenoxy) is 1. The number of dihydropyridines is 1. The van der Waals surface area contributed by atoms with E-state index in [9.17, 15) is 10.1 Å². The molecule has 1 unspecified atom stereocenters. The smallest absolute Gasteiger partial charge is 0.336 e. The summed E-state index contributed by atoms with van der Waals surface area (Å²) < 4.78 is 4.97. The zero-order chi connectivity index (χ0) is 18.5. The molecule has 1 atom stereocenters. The number of pyridine rings is 1. The Morgan fingerprint density at radius 3 is 2.92 bits per heavy atom. The Labute approximate surface area is 160 Å². The lowest BCUT2D eigenvalue weighted by atomic mass is 9.87. The molecule has 0 aromatic carbocycles. The van der Waals surface area contributed by atoms with E-state index in [4.69, 9.17) is 4.74 Å². The first kappa shape index (κ1) is 18.2. The van der Waals surface area contributed by atoms with Crippen molar-refractivity contribution >= 4 is 29.1 Å². The van der Waals surface area contributed by atoms with Crippen molar-refractivity contribution < 1.29 is 9.53 Å². The van der Waals surface area contributed by atoms with E-state index < -0.39 is 11.9 Å². The van der Waals surface area contributed by atoms with Crippen LogP contribution in [-0.4, -0.2) is 18.1 Å². The van der Waals surface area contributed by atoms with E-state index in [1.165, 1.54) is 30.2 Å². The van der Waals surface area contributed by atoms with Gasteiger partial charge in [0.05, 0.1) is 35.3 Å². The molecule has 0 bridgehead atoms. The molecule has 1 N–H and O–H groups in total. The number of nitriles is 1. The predicted octanol–water partition coefficient (Wildman–Crippen LogP) is 3.95. The number of nitrogens with zero attached hydrogens (tertiary/aromatic N) is 2. The maximum atomic E-state index is 12.4. The Hall–Kier alpha value is -2.56. The van der Waals surface area contributed by atoms with Crippen LogP contribution in [0, 0.1) is 11.3 Å². The lowest BCUT2D eigenvalue weighted by Gasteiger charge is -2.28. The van der Waals surface area contributed by atoms with Gasteiger partial charge in [0.2, 0.25) is 0 Å². The highest BCUT2D eigenvalue weighted by molar-refractivity contribution is 8.02. The van der Waals surface area contributed by atoms with Gasteiger partial charge in [-0.2, -0.15) is 5.26 Å². The first-order chi connectivity index (χ1) is 12.7. The first-order valence-corrected chi connectivity index (χ1v) is 9.77. The number of nitrogens with one attached hydrogen (secondary N) is 1. The van der Waals surface area contributed by atoms with E-state index in [1.807, 2.05) is 42.8 Å². The summed E-state index contributed by atoms with van der Waals surface area (Å²) in [4.78, 5) is 17.4. The van der Waals surface area contributed by atoms with E-state index in [1.54, 1.807) is 6.20 Å². The van der Waals surface area contributed by atoms with Crippen molar-refractivity contribution in [1.29, 1.82) is 5.26 Å². The molecule has 0 amide bonds. The summed E-state index contributed by atoms with van der Waals surface area (Å²) in [5, 5.41) is 15.8. The molecule has 5 nitrogen and oxygen atoms in total. The minimum absolute atomic E-state index is 0.412. The number of esters is 1. The van der Waals surface area contributed by atoms with E-state index in [2.05, 4.69) is 16.4 Å². The highest BCUT2D eigenvalue weighted by atomic mass is 32.2. The number of methoxy groups -OCH3 is 1. The van der Waals surface area contributed by atoms with Gasteiger partial charge >= 0.3 is 5.97 Å². The molecule has 0 saturated carbocycles. The number of carbonyl (C=O) groups is 1. The average molecular weight is 383 g/mol. The standard InChI is InChI=1S/C19H17N3O2S2/c1-12-16(19(23)24-2)17(15-6-4-8-25-15)14(9-20)18(22-12)26-11-13-5-3-7-21-10-13/h3-8,10,17,22H,11H2,1-2H3. The van der Waals surface area contributed by atoms with Gasteiger partial charge in [-0.1, -0.05) is 12.1 Å². The van der Waals surface area contributed by atoms with Crippen LogP contribution < -0.4 is 5.32 Å². The van der Waals surface area contributed by atoms with Gasteiger partial charge in [-0.3, -0.25) is 4.98 Å². The fraction of sp³-hybridized carbons (Fsp3) is 0.211. The molecule has 1 aliphatic rings. The second kappa shape index (κ2) is 8.21. The number of thiophene rings is 1. The molecule has 26 heavy (non-hydrogen) atoms. The van der Waals surface area contributed by atoms with E-state index >= 15 is 0 Å². The van der Waals surface area contributed by atoms with E-state index in [0.29, 0.717) is 22.6 Å².